The third kappa shape index (κ3) is 3.57. The van der Waals surface area contributed by atoms with Gasteiger partial charge in [0.15, 0.2) is 0 Å². The van der Waals surface area contributed by atoms with Crippen molar-refractivity contribution < 1.29 is 14.4 Å². The van der Waals surface area contributed by atoms with Gasteiger partial charge in [-0.05, 0) is 11.1 Å². The minimum atomic E-state index is -0.810. The highest BCUT2D eigenvalue weighted by Crippen LogP contribution is 2.12. The van der Waals surface area contributed by atoms with E-state index in [0.717, 1.165) is 0 Å². The summed E-state index contributed by atoms with van der Waals surface area (Å²) in [4.78, 5) is 16.3. The molecule has 0 bridgehead atoms. The van der Waals surface area contributed by atoms with E-state index in [4.69, 9.17) is 9.63 Å². The molecule has 6 heteroatoms. The molecule has 0 aliphatic rings. The molecule has 0 aromatic carbocycles. The fraction of sp³-hybridized carbons (Fsp3) is 0.667. The second kappa shape index (κ2) is 4.77. The van der Waals surface area contributed by atoms with E-state index < -0.39 is 5.97 Å². The standard InChI is InChI=1S/C9H15N3O3/c1-6(5-8(13)14)4-7-10-9(11-15-7)12(2)3/h6H,4-5H2,1-3H3,(H,13,14). The van der Waals surface area contributed by atoms with Crippen LogP contribution in [0.15, 0.2) is 4.52 Å². The van der Waals surface area contributed by atoms with Gasteiger partial charge in [0.05, 0.1) is 0 Å². The number of rotatable bonds is 5. The smallest absolute Gasteiger partial charge is 0.303 e. The van der Waals surface area contributed by atoms with Crippen LogP contribution in [0.3, 0.4) is 0 Å². The lowest BCUT2D eigenvalue weighted by Gasteiger charge is -2.04. The molecule has 15 heavy (non-hydrogen) atoms. The van der Waals surface area contributed by atoms with Gasteiger partial charge in [0.2, 0.25) is 5.89 Å². The molecule has 1 unspecified atom stereocenters. The van der Waals surface area contributed by atoms with Crippen LogP contribution >= 0.6 is 0 Å². The predicted molar refractivity (Wildman–Crippen MR) is 53.7 cm³/mol. The quantitative estimate of drug-likeness (QED) is 0.778. The lowest BCUT2D eigenvalue weighted by molar-refractivity contribution is -0.137. The summed E-state index contributed by atoms with van der Waals surface area (Å²) in [5, 5.41) is 12.3. The molecule has 0 aliphatic carbocycles. The molecule has 84 valence electrons. The molecule has 0 amide bonds. The SMILES string of the molecule is CC(CC(=O)O)Cc1nc(N(C)C)no1. The van der Waals surface area contributed by atoms with Crippen molar-refractivity contribution >= 4 is 11.9 Å². The predicted octanol–water partition coefficient (Wildman–Crippen LogP) is 0.789. The van der Waals surface area contributed by atoms with Gasteiger partial charge in [-0.3, -0.25) is 4.79 Å². The number of carboxylic acid groups (broad SMARTS) is 1. The Morgan fingerprint density at radius 2 is 2.27 bits per heavy atom. The fourth-order valence-electron chi connectivity index (χ4n) is 1.18. The van der Waals surface area contributed by atoms with Gasteiger partial charge >= 0.3 is 5.97 Å². The van der Waals surface area contributed by atoms with Crippen molar-refractivity contribution in [2.45, 2.75) is 19.8 Å². The lowest BCUT2D eigenvalue weighted by atomic mass is 10.0. The van der Waals surface area contributed by atoms with E-state index in [1.54, 1.807) is 4.90 Å². The summed E-state index contributed by atoms with van der Waals surface area (Å²) in [6.45, 7) is 1.84. The fourth-order valence-corrected chi connectivity index (χ4v) is 1.18. The average Bonchev–Trinajstić information content (AvgIpc) is 2.50. The molecule has 1 rings (SSSR count). The van der Waals surface area contributed by atoms with Gasteiger partial charge in [-0.15, -0.1) is 0 Å². The normalized spacial score (nSPS) is 12.5. The van der Waals surface area contributed by atoms with Crippen LogP contribution in [0.5, 0.6) is 0 Å². The second-order valence-electron chi connectivity index (χ2n) is 3.79. The number of carbonyl (C=O) groups is 1. The second-order valence-corrected chi connectivity index (χ2v) is 3.79. The van der Waals surface area contributed by atoms with Crippen LogP contribution in [-0.4, -0.2) is 35.3 Å². The monoisotopic (exact) mass is 213 g/mol. The first-order valence-corrected chi connectivity index (χ1v) is 4.70. The lowest BCUT2D eigenvalue weighted by Crippen LogP contribution is -2.11. The van der Waals surface area contributed by atoms with Gasteiger partial charge < -0.3 is 14.5 Å². The zero-order valence-electron chi connectivity index (χ0n) is 9.10. The Bertz CT molecular complexity index is 335. The molecule has 0 saturated carbocycles. The summed E-state index contributed by atoms with van der Waals surface area (Å²) in [6.07, 6.45) is 0.604. The van der Waals surface area contributed by atoms with Crippen LogP contribution in [-0.2, 0) is 11.2 Å². The number of hydrogen-bond acceptors (Lipinski definition) is 5. The summed E-state index contributed by atoms with van der Waals surface area (Å²) in [5.41, 5.74) is 0. The molecule has 0 radical (unpaired) electrons. The Morgan fingerprint density at radius 1 is 1.60 bits per heavy atom. The number of aromatic nitrogens is 2. The first-order valence-electron chi connectivity index (χ1n) is 4.70. The number of carboxylic acids is 1. The van der Waals surface area contributed by atoms with E-state index >= 15 is 0 Å². The van der Waals surface area contributed by atoms with E-state index in [2.05, 4.69) is 10.1 Å². The van der Waals surface area contributed by atoms with Crippen molar-refractivity contribution in [2.24, 2.45) is 5.92 Å². The minimum absolute atomic E-state index is 0.00189. The van der Waals surface area contributed by atoms with E-state index in [9.17, 15) is 4.79 Å². The zero-order chi connectivity index (χ0) is 11.4. The highest BCUT2D eigenvalue weighted by molar-refractivity contribution is 5.66. The Morgan fingerprint density at radius 3 is 2.73 bits per heavy atom. The van der Waals surface area contributed by atoms with Crippen molar-refractivity contribution in [1.29, 1.82) is 0 Å². The van der Waals surface area contributed by atoms with Crippen LogP contribution in [0.2, 0.25) is 0 Å². The van der Waals surface area contributed by atoms with E-state index in [1.165, 1.54) is 0 Å². The number of anilines is 1. The van der Waals surface area contributed by atoms with Crippen LogP contribution in [0, 0.1) is 5.92 Å². The molecular weight excluding hydrogens is 198 g/mol. The first kappa shape index (κ1) is 11.5. The molecular formula is C9H15N3O3. The van der Waals surface area contributed by atoms with E-state index in [1.807, 2.05) is 21.0 Å². The Hall–Kier alpha value is -1.59. The summed E-state index contributed by atoms with van der Waals surface area (Å²) >= 11 is 0. The molecule has 0 fully saturated rings. The highest BCUT2D eigenvalue weighted by atomic mass is 16.5. The Balaban J connectivity index is 2.53. The summed E-state index contributed by atoms with van der Waals surface area (Å²) in [7, 11) is 3.63. The van der Waals surface area contributed by atoms with Crippen molar-refractivity contribution in [3.8, 4) is 0 Å². The minimum Gasteiger partial charge on any atom is -0.481 e. The third-order valence-corrected chi connectivity index (χ3v) is 1.90. The maximum atomic E-state index is 10.4. The van der Waals surface area contributed by atoms with Crippen LogP contribution < -0.4 is 4.90 Å². The van der Waals surface area contributed by atoms with Crippen molar-refractivity contribution in [2.75, 3.05) is 19.0 Å². The van der Waals surface area contributed by atoms with E-state index in [0.29, 0.717) is 18.3 Å². The number of aliphatic carboxylic acids is 1. The van der Waals surface area contributed by atoms with Gasteiger partial charge in [-0.2, -0.15) is 4.98 Å². The molecule has 6 nitrogen and oxygen atoms in total. The molecule has 1 atom stereocenters. The Kier molecular flexibility index (Phi) is 3.65. The zero-order valence-corrected chi connectivity index (χ0v) is 9.10. The summed E-state index contributed by atoms with van der Waals surface area (Å²) in [5.74, 6) is 0.174. The van der Waals surface area contributed by atoms with Gasteiger partial charge in [0.25, 0.3) is 5.95 Å². The van der Waals surface area contributed by atoms with Crippen LogP contribution in [0.4, 0.5) is 5.95 Å². The molecule has 1 aromatic rings. The van der Waals surface area contributed by atoms with Crippen molar-refractivity contribution in [3.63, 3.8) is 0 Å². The summed E-state index contributed by atoms with van der Waals surface area (Å²) < 4.78 is 4.98. The molecule has 0 spiro atoms. The van der Waals surface area contributed by atoms with Gasteiger partial charge in [-0.25, -0.2) is 0 Å². The first-order chi connectivity index (χ1) is 6.99. The highest BCUT2D eigenvalue weighted by Gasteiger charge is 2.14. The van der Waals surface area contributed by atoms with Gasteiger partial charge in [0, 0.05) is 26.9 Å². The maximum absolute atomic E-state index is 10.4. The Labute approximate surface area is 87.9 Å². The van der Waals surface area contributed by atoms with Gasteiger partial charge in [-0.1, -0.05) is 6.92 Å². The molecule has 1 heterocycles. The molecule has 0 aliphatic heterocycles. The van der Waals surface area contributed by atoms with Gasteiger partial charge in [0.1, 0.15) is 0 Å². The van der Waals surface area contributed by atoms with Crippen molar-refractivity contribution in [1.82, 2.24) is 10.1 Å². The van der Waals surface area contributed by atoms with Crippen LogP contribution in [0.1, 0.15) is 19.2 Å². The van der Waals surface area contributed by atoms with E-state index in [-0.39, 0.29) is 12.3 Å². The largest absolute Gasteiger partial charge is 0.481 e. The van der Waals surface area contributed by atoms with Crippen molar-refractivity contribution in [3.05, 3.63) is 5.89 Å². The molecule has 0 saturated heterocycles. The molecule has 1 N–H and O–H groups in total. The summed E-state index contributed by atoms with van der Waals surface area (Å²) in [6, 6.07) is 0. The third-order valence-electron chi connectivity index (χ3n) is 1.90. The molecule has 1 aromatic heterocycles. The van der Waals surface area contributed by atoms with Crippen LogP contribution in [0.25, 0.3) is 0 Å². The average molecular weight is 213 g/mol. The number of nitrogens with zero attached hydrogens (tertiary/aromatic N) is 3. The topological polar surface area (TPSA) is 79.5 Å². The number of hydrogen-bond donors (Lipinski definition) is 1. The maximum Gasteiger partial charge on any atom is 0.303 e.